The van der Waals surface area contributed by atoms with Crippen molar-refractivity contribution in [1.29, 1.82) is 10.8 Å². The summed E-state index contributed by atoms with van der Waals surface area (Å²) in [6.45, 7) is 5.99. The Labute approximate surface area is 230 Å². The number of carbonyl (C=O) groups excluding carboxylic acids is 2. The molecule has 10 heteroatoms. The molecule has 1 aliphatic rings. The van der Waals surface area contributed by atoms with Crippen LogP contribution in [-0.4, -0.2) is 67.4 Å². The maximum Gasteiger partial charge on any atom is 0.306 e. The van der Waals surface area contributed by atoms with Gasteiger partial charge in [-0.05, 0) is 56.2 Å². The van der Waals surface area contributed by atoms with Crippen LogP contribution in [0.4, 0.5) is 0 Å². The third-order valence-corrected chi connectivity index (χ3v) is 6.26. The molecule has 0 aromatic heterocycles. The van der Waals surface area contributed by atoms with Crippen LogP contribution in [0.1, 0.15) is 62.0 Å². The Morgan fingerprint density at radius 3 is 2.36 bits per heavy atom. The number of nitrogens with zero attached hydrogens (tertiary/aromatic N) is 1. The molecule has 1 saturated heterocycles. The maximum absolute atomic E-state index is 12.6. The molecule has 1 heterocycles. The summed E-state index contributed by atoms with van der Waals surface area (Å²) in [4.78, 5) is 26.4. The smallest absolute Gasteiger partial charge is 0.306 e. The van der Waals surface area contributed by atoms with E-state index in [1.807, 2.05) is 4.90 Å². The molecule has 212 valence electrons. The molecule has 0 bridgehead atoms. The number of amidine groups is 2. The van der Waals surface area contributed by atoms with E-state index in [1.165, 1.54) is 0 Å². The first-order valence-corrected chi connectivity index (χ1v) is 12.9. The third-order valence-electron chi connectivity index (χ3n) is 6.26. The van der Waals surface area contributed by atoms with Gasteiger partial charge in [-0.3, -0.25) is 20.4 Å². The van der Waals surface area contributed by atoms with Crippen molar-refractivity contribution in [3.63, 3.8) is 0 Å². The van der Waals surface area contributed by atoms with E-state index in [4.69, 9.17) is 30.8 Å². The molecule has 2 aromatic rings. The van der Waals surface area contributed by atoms with Crippen molar-refractivity contribution in [2.75, 3.05) is 32.8 Å². The Balaban J connectivity index is 0.00000533. The zero-order valence-corrected chi connectivity index (χ0v) is 22.0. The summed E-state index contributed by atoms with van der Waals surface area (Å²) in [7, 11) is 0. The first-order chi connectivity index (χ1) is 18.3. The molecule has 3 rings (SSSR count). The Morgan fingerprint density at radius 2 is 1.74 bits per heavy atom. The molecule has 0 atom stereocenters. The van der Waals surface area contributed by atoms with E-state index in [0.717, 1.165) is 37.2 Å². The van der Waals surface area contributed by atoms with Crippen LogP contribution in [-0.2, 0) is 16.0 Å². The van der Waals surface area contributed by atoms with Gasteiger partial charge >= 0.3 is 5.97 Å². The second-order valence-corrected chi connectivity index (χ2v) is 9.06. The van der Waals surface area contributed by atoms with Crippen molar-refractivity contribution in [2.45, 2.75) is 53.1 Å². The maximum atomic E-state index is 12.6. The number of carbonyl (C=O) groups is 2. The van der Waals surface area contributed by atoms with Gasteiger partial charge in [0.1, 0.15) is 30.0 Å². The second-order valence-electron chi connectivity index (χ2n) is 9.06. The zero-order chi connectivity index (χ0) is 27.5. The molecule has 1 amide bonds. The van der Waals surface area contributed by atoms with Crippen LogP contribution in [0, 0.1) is 10.8 Å². The molecule has 0 unspecified atom stereocenters. The average Bonchev–Trinajstić information content (AvgIpc) is 2.91. The Bertz CT molecular complexity index is 1130. The van der Waals surface area contributed by atoms with Gasteiger partial charge in [-0.25, -0.2) is 0 Å². The molecule has 0 spiro atoms. The van der Waals surface area contributed by atoms with Gasteiger partial charge in [-0.1, -0.05) is 19.6 Å². The van der Waals surface area contributed by atoms with Crippen LogP contribution in [0.3, 0.4) is 0 Å². The van der Waals surface area contributed by atoms with E-state index in [2.05, 4.69) is 5.32 Å². The normalized spacial score (nSPS) is 13.1. The van der Waals surface area contributed by atoms with E-state index in [1.54, 1.807) is 56.3 Å². The summed E-state index contributed by atoms with van der Waals surface area (Å²) in [5, 5.41) is 18.2. The number of hydrogen-bond donors (Lipinski definition) is 4. The Morgan fingerprint density at radius 1 is 1.08 bits per heavy atom. The van der Waals surface area contributed by atoms with Gasteiger partial charge in [0.2, 0.25) is 0 Å². The predicted molar refractivity (Wildman–Crippen MR) is 152 cm³/mol. The number of aryl methyl sites for hydroxylation is 1. The number of piperidine rings is 1. The number of benzene rings is 2. The minimum Gasteiger partial charge on any atom is -0.491 e. The lowest BCUT2D eigenvalue weighted by molar-refractivity contribution is -0.143. The number of rotatable bonds is 12. The van der Waals surface area contributed by atoms with E-state index < -0.39 is 0 Å². The molecule has 1 aliphatic heterocycles. The number of nitrogens with one attached hydrogen (secondary N) is 3. The fourth-order valence-electron chi connectivity index (χ4n) is 4.15. The van der Waals surface area contributed by atoms with Crippen molar-refractivity contribution in [1.82, 2.24) is 10.2 Å². The van der Waals surface area contributed by atoms with Gasteiger partial charge < -0.3 is 30.2 Å². The van der Waals surface area contributed by atoms with Crippen LogP contribution >= 0.6 is 0 Å². The Hall–Kier alpha value is -4.08. The van der Waals surface area contributed by atoms with Crippen LogP contribution < -0.4 is 20.5 Å². The lowest BCUT2D eigenvalue weighted by atomic mass is 10.1. The number of nitrogen functional groups attached to an aromatic ring is 1. The third kappa shape index (κ3) is 9.63. The predicted octanol–water partition coefficient (Wildman–Crippen LogP) is 3.75. The van der Waals surface area contributed by atoms with Crippen LogP contribution in [0.2, 0.25) is 0 Å². The summed E-state index contributed by atoms with van der Waals surface area (Å²) < 4.78 is 16.9. The van der Waals surface area contributed by atoms with E-state index >= 15 is 0 Å². The van der Waals surface area contributed by atoms with Crippen molar-refractivity contribution in [3.05, 3.63) is 59.2 Å². The minimum atomic E-state index is -0.291. The fraction of sp³-hybridized carbons (Fsp3) is 0.448. The number of hydrogen-bond acceptors (Lipinski definition) is 7. The zero-order valence-electron chi connectivity index (χ0n) is 22.0. The number of esters is 1. The number of amides is 1. The van der Waals surface area contributed by atoms with Gasteiger partial charge in [0.15, 0.2) is 0 Å². The van der Waals surface area contributed by atoms with Crippen molar-refractivity contribution < 1.29 is 23.8 Å². The topological polar surface area (TPSA) is 151 Å². The monoisotopic (exact) mass is 539 g/mol. The molecule has 1 fully saturated rings. The summed E-state index contributed by atoms with van der Waals surface area (Å²) >= 11 is 0. The highest BCUT2D eigenvalue weighted by Gasteiger charge is 2.21. The number of ether oxygens (including phenoxy) is 3. The summed E-state index contributed by atoms with van der Waals surface area (Å²) in [6, 6.07) is 12.2. The SMILES string of the molecule is C.CCOC(=O)CCc1ccc(C(=N)N)cc1OCCNC(=O)c1ccc(OC2CCN(C(C)=N)CC2)cc1. The highest BCUT2D eigenvalue weighted by molar-refractivity contribution is 5.95. The van der Waals surface area contributed by atoms with Gasteiger partial charge in [0.05, 0.1) is 19.0 Å². The lowest BCUT2D eigenvalue weighted by Gasteiger charge is -2.32. The first kappa shape index (κ1) is 31.1. The highest BCUT2D eigenvalue weighted by atomic mass is 16.5. The molecule has 0 saturated carbocycles. The fourth-order valence-corrected chi connectivity index (χ4v) is 4.15. The summed E-state index contributed by atoms with van der Waals surface area (Å²) in [5.41, 5.74) is 7.44. The summed E-state index contributed by atoms with van der Waals surface area (Å²) in [5.74, 6) is 1.22. The second kappa shape index (κ2) is 15.4. The molecule has 5 N–H and O–H groups in total. The van der Waals surface area contributed by atoms with Gasteiger partial charge in [0, 0.05) is 43.5 Å². The van der Waals surface area contributed by atoms with Crippen molar-refractivity contribution in [3.8, 4) is 11.5 Å². The van der Waals surface area contributed by atoms with E-state index in [0.29, 0.717) is 35.7 Å². The number of likely N-dealkylation sites (tertiary alicyclic amines) is 1. The van der Waals surface area contributed by atoms with E-state index in [-0.39, 0.29) is 50.8 Å². The van der Waals surface area contributed by atoms with Crippen LogP contribution in [0.25, 0.3) is 0 Å². The molecule has 10 nitrogen and oxygen atoms in total. The molecule has 2 aromatic carbocycles. The van der Waals surface area contributed by atoms with E-state index in [9.17, 15) is 9.59 Å². The van der Waals surface area contributed by atoms with Gasteiger partial charge in [-0.2, -0.15) is 0 Å². The lowest BCUT2D eigenvalue weighted by Crippen LogP contribution is -2.40. The van der Waals surface area contributed by atoms with Gasteiger partial charge in [0.25, 0.3) is 5.91 Å². The standard InChI is InChI=1S/C28H37N5O5.CH4/c1-3-36-26(34)11-8-20-4-5-22(27(30)31)18-25(20)37-17-14-32-28(35)21-6-9-23(10-7-21)38-24-12-15-33(16-13-24)19(2)29;/h4-7,9-10,18,24,29H,3,8,11-17H2,1-2H3,(H3,30,31)(H,32,35);1H4. The first-order valence-electron chi connectivity index (χ1n) is 12.9. The van der Waals surface area contributed by atoms with Crippen LogP contribution in [0.5, 0.6) is 11.5 Å². The largest absolute Gasteiger partial charge is 0.491 e. The average molecular weight is 540 g/mol. The van der Waals surface area contributed by atoms with Crippen molar-refractivity contribution in [2.24, 2.45) is 5.73 Å². The van der Waals surface area contributed by atoms with Gasteiger partial charge in [-0.15, -0.1) is 0 Å². The molecule has 0 aliphatic carbocycles. The number of nitrogens with two attached hydrogens (primary N) is 1. The molecular formula is C29H41N5O5. The highest BCUT2D eigenvalue weighted by Crippen LogP contribution is 2.23. The van der Waals surface area contributed by atoms with Crippen molar-refractivity contribution >= 4 is 23.5 Å². The molecule has 39 heavy (non-hydrogen) atoms. The molecular weight excluding hydrogens is 498 g/mol. The van der Waals surface area contributed by atoms with Crippen LogP contribution in [0.15, 0.2) is 42.5 Å². The quantitative estimate of drug-likeness (QED) is 0.139. The Kier molecular flexibility index (Phi) is 12.3. The molecule has 0 radical (unpaired) electrons. The summed E-state index contributed by atoms with van der Waals surface area (Å²) in [6.07, 6.45) is 2.46. The minimum absolute atomic E-state index is 0.